The highest BCUT2D eigenvalue weighted by atomic mass is 19.4. The Bertz CT molecular complexity index is 516. The van der Waals surface area contributed by atoms with E-state index in [-0.39, 0.29) is 5.91 Å². The summed E-state index contributed by atoms with van der Waals surface area (Å²) in [6, 6.07) is 4.88. The number of carbonyl (C=O) groups excluding carboxylic acids is 1. The van der Waals surface area contributed by atoms with Gasteiger partial charge in [-0.2, -0.15) is 13.2 Å². The van der Waals surface area contributed by atoms with E-state index in [2.05, 4.69) is 0 Å². The molecule has 0 radical (unpaired) electrons. The molecule has 0 bridgehead atoms. The molecule has 1 atom stereocenters. The molecule has 1 saturated heterocycles. The first-order chi connectivity index (χ1) is 10.9. The van der Waals surface area contributed by atoms with Crippen molar-refractivity contribution in [2.75, 3.05) is 32.9 Å². The molecule has 7 heteroatoms. The smallest absolute Gasteiger partial charge is 0.381 e. The molecule has 23 heavy (non-hydrogen) atoms. The van der Waals surface area contributed by atoms with Crippen molar-refractivity contribution in [3.63, 3.8) is 0 Å². The summed E-state index contributed by atoms with van der Waals surface area (Å²) in [5, 5.41) is 0. The molecule has 1 aliphatic rings. The molecule has 1 heterocycles. The van der Waals surface area contributed by atoms with Crippen LogP contribution < -0.4 is 0 Å². The highest BCUT2D eigenvalue weighted by Gasteiger charge is 2.31. The molecular formula is C16H20F3NO3. The van der Waals surface area contributed by atoms with Crippen LogP contribution in [0, 0.1) is 0 Å². The first-order valence-electron chi connectivity index (χ1n) is 7.56. The number of halogens is 3. The van der Waals surface area contributed by atoms with Crippen LogP contribution in [0.15, 0.2) is 24.3 Å². The van der Waals surface area contributed by atoms with Crippen LogP contribution in [0.25, 0.3) is 0 Å². The van der Waals surface area contributed by atoms with Gasteiger partial charge in [-0.1, -0.05) is 12.1 Å². The van der Waals surface area contributed by atoms with Crippen LogP contribution in [-0.2, 0) is 20.4 Å². The Balaban J connectivity index is 1.96. The van der Waals surface area contributed by atoms with Gasteiger partial charge in [-0.3, -0.25) is 4.79 Å². The second-order valence-corrected chi connectivity index (χ2v) is 5.27. The Kier molecular flexibility index (Phi) is 6.01. The van der Waals surface area contributed by atoms with E-state index in [0.29, 0.717) is 44.9 Å². The number of hydrogen-bond acceptors (Lipinski definition) is 3. The van der Waals surface area contributed by atoms with E-state index in [4.69, 9.17) is 9.47 Å². The van der Waals surface area contributed by atoms with Gasteiger partial charge in [0, 0.05) is 13.2 Å². The minimum absolute atomic E-state index is 0.0290. The summed E-state index contributed by atoms with van der Waals surface area (Å²) in [5.74, 6) is -0.0290. The topological polar surface area (TPSA) is 38.8 Å². The molecule has 1 unspecified atom stereocenters. The number of alkyl halides is 3. The number of ether oxygens (including phenoxy) is 2. The van der Waals surface area contributed by atoms with E-state index < -0.39 is 17.8 Å². The maximum Gasteiger partial charge on any atom is 0.416 e. The van der Waals surface area contributed by atoms with Crippen LogP contribution in [0.5, 0.6) is 0 Å². The summed E-state index contributed by atoms with van der Waals surface area (Å²) in [6.07, 6.45) is -4.46. The SMILES string of the molecule is CCOCCC(=O)N1CCOC(c2ccc(C(F)(F)F)cc2)C1. The minimum Gasteiger partial charge on any atom is -0.381 e. The Morgan fingerprint density at radius 1 is 1.35 bits per heavy atom. The van der Waals surface area contributed by atoms with Gasteiger partial charge in [-0.05, 0) is 24.6 Å². The van der Waals surface area contributed by atoms with Crippen molar-refractivity contribution in [3.8, 4) is 0 Å². The van der Waals surface area contributed by atoms with Gasteiger partial charge in [0.25, 0.3) is 0 Å². The van der Waals surface area contributed by atoms with Gasteiger partial charge in [0.2, 0.25) is 5.91 Å². The van der Waals surface area contributed by atoms with Gasteiger partial charge in [0.1, 0.15) is 6.10 Å². The highest BCUT2D eigenvalue weighted by Crippen LogP contribution is 2.31. The van der Waals surface area contributed by atoms with E-state index in [9.17, 15) is 18.0 Å². The molecule has 2 rings (SSSR count). The van der Waals surface area contributed by atoms with E-state index in [0.717, 1.165) is 12.1 Å². The first-order valence-corrected chi connectivity index (χ1v) is 7.56. The quantitative estimate of drug-likeness (QED) is 0.779. The van der Waals surface area contributed by atoms with Crippen LogP contribution in [0.3, 0.4) is 0 Å². The largest absolute Gasteiger partial charge is 0.416 e. The number of nitrogens with zero attached hydrogens (tertiary/aromatic N) is 1. The number of hydrogen-bond donors (Lipinski definition) is 0. The zero-order valence-electron chi connectivity index (χ0n) is 12.9. The van der Waals surface area contributed by atoms with Crippen LogP contribution in [0.4, 0.5) is 13.2 Å². The Hall–Kier alpha value is -1.60. The predicted molar refractivity (Wildman–Crippen MR) is 77.8 cm³/mol. The van der Waals surface area contributed by atoms with Crippen molar-refractivity contribution in [2.45, 2.75) is 25.6 Å². The van der Waals surface area contributed by atoms with E-state index >= 15 is 0 Å². The summed E-state index contributed by atoms with van der Waals surface area (Å²) in [6.45, 7) is 3.99. The molecule has 0 aliphatic carbocycles. The zero-order valence-corrected chi connectivity index (χ0v) is 12.9. The summed E-state index contributed by atoms with van der Waals surface area (Å²) in [5.41, 5.74) is -0.0537. The van der Waals surface area contributed by atoms with Crippen molar-refractivity contribution < 1.29 is 27.4 Å². The van der Waals surface area contributed by atoms with E-state index in [1.54, 1.807) is 4.90 Å². The van der Waals surface area contributed by atoms with Crippen LogP contribution in [0.2, 0.25) is 0 Å². The molecule has 4 nitrogen and oxygen atoms in total. The third-order valence-electron chi connectivity index (χ3n) is 3.69. The molecule has 0 aromatic heterocycles. The van der Waals surface area contributed by atoms with Gasteiger partial charge >= 0.3 is 6.18 Å². The third kappa shape index (κ3) is 4.94. The summed E-state index contributed by atoms with van der Waals surface area (Å²) >= 11 is 0. The van der Waals surface area contributed by atoms with Gasteiger partial charge in [-0.25, -0.2) is 0 Å². The Labute approximate surface area is 133 Å². The maximum atomic E-state index is 12.6. The fourth-order valence-electron chi connectivity index (χ4n) is 2.43. The lowest BCUT2D eigenvalue weighted by atomic mass is 10.0. The Morgan fingerprint density at radius 3 is 2.65 bits per heavy atom. The average molecular weight is 331 g/mol. The van der Waals surface area contributed by atoms with Crippen LogP contribution >= 0.6 is 0 Å². The van der Waals surface area contributed by atoms with Gasteiger partial charge in [0.15, 0.2) is 0 Å². The maximum absolute atomic E-state index is 12.6. The second-order valence-electron chi connectivity index (χ2n) is 5.27. The number of morpholine rings is 1. The van der Waals surface area contributed by atoms with Crippen LogP contribution in [-0.4, -0.2) is 43.7 Å². The molecule has 1 fully saturated rings. The molecular weight excluding hydrogens is 311 g/mol. The third-order valence-corrected chi connectivity index (χ3v) is 3.69. The second kappa shape index (κ2) is 7.79. The number of rotatable bonds is 5. The molecule has 1 amide bonds. The van der Waals surface area contributed by atoms with Gasteiger partial charge in [-0.15, -0.1) is 0 Å². The molecule has 1 aromatic carbocycles. The summed E-state index contributed by atoms with van der Waals surface area (Å²) < 4.78 is 48.5. The molecule has 1 aliphatic heterocycles. The normalized spacial score (nSPS) is 19.0. The molecule has 1 aromatic rings. The van der Waals surface area contributed by atoms with Gasteiger partial charge < -0.3 is 14.4 Å². The van der Waals surface area contributed by atoms with E-state index in [1.165, 1.54) is 12.1 Å². The molecule has 0 N–H and O–H groups in total. The minimum atomic E-state index is -4.35. The summed E-state index contributed by atoms with van der Waals surface area (Å²) in [4.78, 5) is 13.7. The van der Waals surface area contributed by atoms with Crippen molar-refractivity contribution in [2.24, 2.45) is 0 Å². The number of amides is 1. The first kappa shape index (κ1) is 17.7. The Morgan fingerprint density at radius 2 is 2.04 bits per heavy atom. The molecule has 128 valence electrons. The molecule has 0 saturated carbocycles. The van der Waals surface area contributed by atoms with Crippen molar-refractivity contribution >= 4 is 5.91 Å². The van der Waals surface area contributed by atoms with Crippen molar-refractivity contribution in [3.05, 3.63) is 35.4 Å². The lowest BCUT2D eigenvalue weighted by Crippen LogP contribution is -2.42. The number of carbonyl (C=O) groups is 1. The predicted octanol–water partition coefficient (Wildman–Crippen LogP) is 3.03. The van der Waals surface area contributed by atoms with E-state index in [1.807, 2.05) is 6.92 Å². The van der Waals surface area contributed by atoms with Crippen molar-refractivity contribution in [1.29, 1.82) is 0 Å². The standard InChI is InChI=1S/C16H20F3NO3/c1-2-22-9-7-15(21)20-8-10-23-14(11-20)12-3-5-13(6-4-12)16(17,18)19/h3-6,14H,2,7-11H2,1H3. The monoisotopic (exact) mass is 331 g/mol. The average Bonchev–Trinajstić information content (AvgIpc) is 2.54. The zero-order chi connectivity index (χ0) is 16.9. The fraction of sp³-hybridized carbons (Fsp3) is 0.562. The molecule has 0 spiro atoms. The highest BCUT2D eigenvalue weighted by molar-refractivity contribution is 5.76. The van der Waals surface area contributed by atoms with Gasteiger partial charge in [0.05, 0.1) is 31.7 Å². The summed E-state index contributed by atoms with van der Waals surface area (Å²) in [7, 11) is 0. The van der Waals surface area contributed by atoms with Crippen molar-refractivity contribution in [1.82, 2.24) is 4.90 Å². The lowest BCUT2D eigenvalue weighted by Gasteiger charge is -2.33. The fourth-order valence-corrected chi connectivity index (χ4v) is 2.43. The lowest BCUT2D eigenvalue weighted by molar-refractivity contribution is -0.140. The number of benzene rings is 1. The van der Waals surface area contributed by atoms with Crippen LogP contribution in [0.1, 0.15) is 30.6 Å².